The summed E-state index contributed by atoms with van der Waals surface area (Å²) in [5.41, 5.74) is 1.60. The van der Waals surface area contributed by atoms with Crippen LogP contribution in [-0.4, -0.2) is 67.9 Å². The molecule has 4 rings (SSSR count). The first-order chi connectivity index (χ1) is 12.1. The molecular formula is C18H24N4O2S. The summed E-state index contributed by atoms with van der Waals surface area (Å²) in [5.74, 6) is 0. The molecule has 25 heavy (non-hydrogen) atoms. The van der Waals surface area contributed by atoms with Crippen LogP contribution in [0.25, 0.3) is 10.9 Å². The summed E-state index contributed by atoms with van der Waals surface area (Å²) in [6.07, 6.45) is 2.63. The van der Waals surface area contributed by atoms with Gasteiger partial charge < -0.3 is 5.32 Å². The lowest BCUT2D eigenvalue weighted by Crippen LogP contribution is -2.49. The Labute approximate surface area is 148 Å². The molecule has 1 atom stereocenters. The zero-order valence-electron chi connectivity index (χ0n) is 14.5. The zero-order valence-corrected chi connectivity index (χ0v) is 15.3. The Bertz CT molecular complexity index is 878. The van der Waals surface area contributed by atoms with Crippen molar-refractivity contribution in [2.24, 2.45) is 0 Å². The molecule has 2 fully saturated rings. The molecule has 0 amide bonds. The highest BCUT2D eigenvalue weighted by Crippen LogP contribution is 2.28. The van der Waals surface area contributed by atoms with Crippen molar-refractivity contribution in [3.8, 4) is 0 Å². The highest BCUT2D eigenvalue weighted by molar-refractivity contribution is 7.89. The molecule has 0 spiro atoms. The number of para-hydroxylation sites is 1. The third-order valence-corrected chi connectivity index (χ3v) is 7.12. The summed E-state index contributed by atoms with van der Waals surface area (Å²) >= 11 is 0. The number of pyridine rings is 1. The van der Waals surface area contributed by atoms with E-state index >= 15 is 0 Å². The summed E-state index contributed by atoms with van der Waals surface area (Å²) in [5, 5.41) is 4.22. The van der Waals surface area contributed by atoms with Crippen LogP contribution < -0.4 is 5.32 Å². The van der Waals surface area contributed by atoms with E-state index in [4.69, 9.17) is 0 Å². The average Bonchev–Trinajstić information content (AvgIpc) is 3.12. The predicted octanol–water partition coefficient (Wildman–Crippen LogP) is 1.21. The standard InChI is InChI=1S/C18H24N4O2S/c1-14-11-15-3-2-4-17(18(15)20-12-14)25(23,24)22-8-5-16(13-22)21-9-6-19-7-10-21/h2-4,11-12,16,19H,5-10,13H2,1H3. The summed E-state index contributed by atoms with van der Waals surface area (Å²) in [6.45, 7) is 7.07. The SMILES string of the molecule is Cc1cnc2c(S(=O)(=O)N3CCC(N4CCNCC4)C3)cccc2c1. The Balaban J connectivity index is 1.62. The van der Waals surface area contributed by atoms with Gasteiger partial charge >= 0.3 is 0 Å². The van der Waals surface area contributed by atoms with E-state index in [1.165, 1.54) is 0 Å². The average molecular weight is 360 g/mol. The Morgan fingerprint density at radius 2 is 2.00 bits per heavy atom. The Morgan fingerprint density at radius 3 is 2.80 bits per heavy atom. The normalized spacial score (nSPS) is 23.3. The molecule has 1 N–H and O–H groups in total. The number of hydrogen-bond donors (Lipinski definition) is 1. The molecule has 7 heteroatoms. The third kappa shape index (κ3) is 3.17. The number of benzene rings is 1. The largest absolute Gasteiger partial charge is 0.314 e. The Hall–Kier alpha value is -1.54. The van der Waals surface area contributed by atoms with Crippen LogP contribution in [0.5, 0.6) is 0 Å². The Morgan fingerprint density at radius 1 is 1.20 bits per heavy atom. The minimum atomic E-state index is -3.52. The van der Waals surface area contributed by atoms with Crippen molar-refractivity contribution >= 4 is 20.9 Å². The Kier molecular flexibility index (Phi) is 4.49. The minimum absolute atomic E-state index is 0.321. The van der Waals surface area contributed by atoms with Gasteiger partial charge in [-0.05, 0) is 31.0 Å². The molecule has 1 aromatic heterocycles. The first kappa shape index (κ1) is 16.9. The van der Waals surface area contributed by atoms with Crippen LogP contribution in [0.2, 0.25) is 0 Å². The second-order valence-corrected chi connectivity index (χ2v) is 8.84. The monoisotopic (exact) mass is 360 g/mol. The van der Waals surface area contributed by atoms with Gasteiger partial charge in [-0.2, -0.15) is 4.31 Å². The van der Waals surface area contributed by atoms with Crippen molar-refractivity contribution in [2.45, 2.75) is 24.3 Å². The van der Waals surface area contributed by atoms with Crippen LogP contribution in [0.3, 0.4) is 0 Å². The maximum absolute atomic E-state index is 13.2. The van der Waals surface area contributed by atoms with Gasteiger partial charge in [-0.3, -0.25) is 9.88 Å². The highest BCUT2D eigenvalue weighted by atomic mass is 32.2. The van der Waals surface area contributed by atoms with Crippen LogP contribution in [0.4, 0.5) is 0 Å². The fourth-order valence-corrected chi connectivity index (χ4v) is 5.52. The van der Waals surface area contributed by atoms with E-state index in [-0.39, 0.29) is 0 Å². The lowest BCUT2D eigenvalue weighted by molar-refractivity contribution is 0.179. The quantitative estimate of drug-likeness (QED) is 0.891. The van der Waals surface area contributed by atoms with Gasteiger partial charge in [0.25, 0.3) is 0 Å². The number of hydrogen-bond acceptors (Lipinski definition) is 5. The third-order valence-electron chi connectivity index (χ3n) is 5.22. The molecule has 0 saturated carbocycles. The molecule has 0 radical (unpaired) electrons. The van der Waals surface area contributed by atoms with Gasteiger partial charge in [0.05, 0.1) is 5.52 Å². The summed E-state index contributed by atoms with van der Waals surface area (Å²) < 4.78 is 28.1. The summed E-state index contributed by atoms with van der Waals surface area (Å²) in [4.78, 5) is 7.14. The zero-order chi connectivity index (χ0) is 17.4. The smallest absolute Gasteiger partial charge is 0.245 e. The summed E-state index contributed by atoms with van der Waals surface area (Å²) in [6, 6.07) is 7.71. The molecule has 6 nitrogen and oxygen atoms in total. The molecule has 2 aliphatic heterocycles. The van der Waals surface area contributed by atoms with Gasteiger partial charge in [0.2, 0.25) is 10.0 Å². The van der Waals surface area contributed by atoms with Crippen LogP contribution in [0.1, 0.15) is 12.0 Å². The van der Waals surface area contributed by atoms with Gasteiger partial charge in [0.1, 0.15) is 4.90 Å². The van der Waals surface area contributed by atoms with Gasteiger partial charge in [-0.1, -0.05) is 12.1 Å². The molecular weight excluding hydrogens is 336 g/mol. The van der Waals surface area contributed by atoms with Crippen LogP contribution in [0, 0.1) is 6.92 Å². The molecule has 3 heterocycles. The number of aryl methyl sites for hydroxylation is 1. The van der Waals surface area contributed by atoms with E-state index in [0.717, 1.165) is 43.5 Å². The molecule has 1 unspecified atom stereocenters. The number of fused-ring (bicyclic) bond motifs is 1. The minimum Gasteiger partial charge on any atom is -0.314 e. The van der Waals surface area contributed by atoms with Crippen molar-refractivity contribution in [1.29, 1.82) is 0 Å². The van der Waals surface area contributed by atoms with Crippen molar-refractivity contribution < 1.29 is 8.42 Å². The van der Waals surface area contributed by atoms with Gasteiger partial charge in [-0.25, -0.2) is 8.42 Å². The van der Waals surface area contributed by atoms with E-state index in [1.54, 1.807) is 22.6 Å². The molecule has 134 valence electrons. The molecule has 1 aromatic carbocycles. The predicted molar refractivity (Wildman–Crippen MR) is 98.1 cm³/mol. The van der Waals surface area contributed by atoms with Gasteiger partial charge in [-0.15, -0.1) is 0 Å². The van der Waals surface area contributed by atoms with Gasteiger partial charge in [0.15, 0.2) is 0 Å². The van der Waals surface area contributed by atoms with E-state index in [2.05, 4.69) is 15.2 Å². The topological polar surface area (TPSA) is 65.5 Å². The first-order valence-corrected chi connectivity index (χ1v) is 10.3. The maximum Gasteiger partial charge on any atom is 0.245 e. The number of nitrogens with zero attached hydrogens (tertiary/aromatic N) is 3. The second kappa shape index (κ2) is 6.64. The lowest BCUT2D eigenvalue weighted by atomic mass is 10.2. The van der Waals surface area contributed by atoms with E-state index < -0.39 is 10.0 Å². The molecule has 0 bridgehead atoms. The van der Waals surface area contributed by atoms with Crippen molar-refractivity contribution in [3.05, 3.63) is 36.0 Å². The number of rotatable bonds is 3. The lowest BCUT2D eigenvalue weighted by Gasteiger charge is -2.32. The van der Waals surface area contributed by atoms with Crippen molar-refractivity contribution in [3.63, 3.8) is 0 Å². The van der Waals surface area contributed by atoms with Crippen LogP contribution in [-0.2, 0) is 10.0 Å². The van der Waals surface area contributed by atoms with E-state index in [9.17, 15) is 8.42 Å². The fraction of sp³-hybridized carbons (Fsp3) is 0.500. The second-order valence-electron chi connectivity index (χ2n) is 6.93. The summed E-state index contributed by atoms with van der Waals surface area (Å²) in [7, 11) is -3.52. The molecule has 2 saturated heterocycles. The van der Waals surface area contributed by atoms with Gasteiger partial charge in [0, 0.05) is 56.9 Å². The number of piperazine rings is 1. The first-order valence-electron chi connectivity index (χ1n) is 8.86. The molecule has 2 aromatic rings. The molecule has 2 aliphatic rings. The van der Waals surface area contributed by atoms with E-state index in [1.807, 2.05) is 19.1 Å². The highest BCUT2D eigenvalue weighted by Gasteiger charge is 2.36. The number of aromatic nitrogens is 1. The number of nitrogens with one attached hydrogen (secondary N) is 1. The molecule has 0 aliphatic carbocycles. The maximum atomic E-state index is 13.2. The van der Waals surface area contributed by atoms with Crippen molar-refractivity contribution in [1.82, 2.24) is 19.5 Å². The van der Waals surface area contributed by atoms with Crippen LogP contribution >= 0.6 is 0 Å². The number of sulfonamides is 1. The van der Waals surface area contributed by atoms with Crippen molar-refractivity contribution in [2.75, 3.05) is 39.3 Å². The van der Waals surface area contributed by atoms with Crippen LogP contribution in [0.15, 0.2) is 35.4 Å². The van der Waals surface area contributed by atoms with E-state index in [0.29, 0.717) is 29.5 Å². The fourth-order valence-electron chi connectivity index (χ4n) is 3.86.